The van der Waals surface area contributed by atoms with Crippen molar-refractivity contribution in [3.8, 4) is 0 Å². The maximum atomic E-state index is 10.7. The molecule has 4 N–H and O–H groups in total. The summed E-state index contributed by atoms with van der Waals surface area (Å²) in [6.45, 7) is 3.85. The molecule has 116 valence electrons. The summed E-state index contributed by atoms with van der Waals surface area (Å²) in [7, 11) is -4.24. The Bertz CT molecular complexity index is 332. The second-order valence-corrected chi connectivity index (χ2v) is 6.58. The number of hydrogen-bond donors (Lipinski definition) is 4. The van der Waals surface area contributed by atoms with E-state index in [2.05, 4.69) is 0 Å². The van der Waals surface area contributed by atoms with Gasteiger partial charge in [0.15, 0.2) is 0 Å². The van der Waals surface area contributed by atoms with Crippen LogP contribution < -0.4 is 0 Å². The minimum absolute atomic E-state index is 0.0295. The van der Waals surface area contributed by atoms with E-state index in [0.717, 1.165) is 0 Å². The van der Waals surface area contributed by atoms with Crippen LogP contribution in [0, 0.1) is 5.92 Å². The van der Waals surface area contributed by atoms with Crippen LogP contribution in [-0.4, -0.2) is 77.4 Å². The molecule has 0 heterocycles. The van der Waals surface area contributed by atoms with Gasteiger partial charge in [-0.15, -0.1) is 0 Å². The van der Waals surface area contributed by atoms with Crippen LogP contribution in [-0.2, 0) is 10.1 Å². The summed E-state index contributed by atoms with van der Waals surface area (Å²) in [4.78, 5) is 1.63. The molecule has 0 aliphatic carbocycles. The molecule has 0 spiro atoms. The largest absolute Gasteiger partial charge is 0.395 e. The lowest BCUT2D eigenvalue weighted by Crippen LogP contribution is -2.46. The monoisotopic (exact) mass is 299 g/mol. The molecule has 0 rings (SSSR count). The van der Waals surface area contributed by atoms with Gasteiger partial charge in [0.25, 0.3) is 10.1 Å². The van der Waals surface area contributed by atoms with Crippen molar-refractivity contribution in [3.63, 3.8) is 0 Å². The van der Waals surface area contributed by atoms with E-state index in [0.29, 0.717) is 12.3 Å². The highest BCUT2D eigenvalue weighted by atomic mass is 32.2. The van der Waals surface area contributed by atoms with Gasteiger partial charge in [0.1, 0.15) is 5.75 Å². The summed E-state index contributed by atoms with van der Waals surface area (Å²) in [5, 5.41) is 27.9. The van der Waals surface area contributed by atoms with Crippen molar-refractivity contribution in [2.75, 3.05) is 32.1 Å². The number of aliphatic hydroxyl groups is 3. The molecule has 0 saturated carbocycles. The molecule has 8 heteroatoms. The standard InChI is InChI=1S/C11H25NO6S/c1-9(2)5-10(7-14)12(3-4-13)6-11(15)8-19(16,17)18/h9-11,13-15H,3-8H2,1-2H3,(H,16,17,18). The van der Waals surface area contributed by atoms with Crippen molar-refractivity contribution in [1.29, 1.82) is 0 Å². The Hall–Kier alpha value is -0.250. The van der Waals surface area contributed by atoms with Gasteiger partial charge in [-0.25, -0.2) is 0 Å². The number of hydrogen-bond acceptors (Lipinski definition) is 6. The van der Waals surface area contributed by atoms with Gasteiger partial charge in [0.05, 0.1) is 19.3 Å². The quantitative estimate of drug-likeness (QED) is 0.380. The Labute approximate surface area is 114 Å². The average Bonchev–Trinajstić information content (AvgIpc) is 2.22. The number of nitrogens with zero attached hydrogens (tertiary/aromatic N) is 1. The normalized spacial score (nSPS) is 16.0. The third kappa shape index (κ3) is 9.31. The zero-order valence-electron chi connectivity index (χ0n) is 11.4. The molecule has 19 heavy (non-hydrogen) atoms. The highest BCUT2D eigenvalue weighted by molar-refractivity contribution is 7.85. The zero-order valence-corrected chi connectivity index (χ0v) is 12.3. The van der Waals surface area contributed by atoms with E-state index in [9.17, 15) is 18.6 Å². The Morgan fingerprint density at radius 3 is 2.16 bits per heavy atom. The van der Waals surface area contributed by atoms with Gasteiger partial charge in [0, 0.05) is 19.1 Å². The van der Waals surface area contributed by atoms with Gasteiger partial charge < -0.3 is 15.3 Å². The van der Waals surface area contributed by atoms with Crippen LogP contribution in [0.3, 0.4) is 0 Å². The molecule has 7 nitrogen and oxygen atoms in total. The van der Waals surface area contributed by atoms with Gasteiger partial charge in [-0.05, 0) is 12.3 Å². The smallest absolute Gasteiger partial charge is 0.267 e. The van der Waals surface area contributed by atoms with E-state index in [1.807, 2.05) is 13.8 Å². The fraction of sp³-hybridized carbons (Fsp3) is 1.00. The van der Waals surface area contributed by atoms with E-state index in [1.54, 1.807) is 4.90 Å². The number of rotatable bonds is 10. The fourth-order valence-corrected chi connectivity index (χ4v) is 2.59. The van der Waals surface area contributed by atoms with Gasteiger partial charge in [-0.1, -0.05) is 13.8 Å². The minimum Gasteiger partial charge on any atom is -0.395 e. The van der Waals surface area contributed by atoms with Crippen LogP contribution in [0.1, 0.15) is 20.3 Å². The number of aliphatic hydroxyl groups excluding tert-OH is 3. The summed E-state index contributed by atoms with van der Waals surface area (Å²) in [6, 6.07) is -0.261. The average molecular weight is 299 g/mol. The molecule has 0 amide bonds. The van der Waals surface area contributed by atoms with Crippen LogP contribution in [0.2, 0.25) is 0 Å². The summed E-state index contributed by atoms with van der Waals surface area (Å²) in [5.74, 6) is -0.438. The first kappa shape index (κ1) is 18.8. The van der Waals surface area contributed by atoms with Crippen molar-refractivity contribution in [2.45, 2.75) is 32.4 Å². The summed E-state index contributed by atoms with van der Waals surface area (Å²) < 4.78 is 30.0. The van der Waals surface area contributed by atoms with E-state index in [-0.39, 0.29) is 32.3 Å². The lowest BCUT2D eigenvalue weighted by atomic mass is 10.0. The van der Waals surface area contributed by atoms with Crippen molar-refractivity contribution >= 4 is 10.1 Å². The maximum absolute atomic E-state index is 10.7. The highest BCUT2D eigenvalue weighted by Crippen LogP contribution is 2.12. The van der Waals surface area contributed by atoms with Crippen LogP contribution >= 0.6 is 0 Å². The molecule has 0 saturated heterocycles. The Morgan fingerprint density at radius 1 is 1.21 bits per heavy atom. The molecule has 0 aromatic rings. The Morgan fingerprint density at radius 2 is 1.79 bits per heavy atom. The first-order valence-electron chi connectivity index (χ1n) is 6.28. The van der Waals surface area contributed by atoms with Crippen LogP contribution in [0.5, 0.6) is 0 Å². The van der Waals surface area contributed by atoms with Crippen LogP contribution in [0.15, 0.2) is 0 Å². The Kier molecular flexibility index (Phi) is 8.71. The SMILES string of the molecule is CC(C)CC(CO)N(CCO)CC(O)CS(=O)(=O)O. The van der Waals surface area contributed by atoms with E-state index >= 15 is 0 Å². The molecular formula is C11H25NO6S. The Balaban J connectivity index is 4.60. The second kappa shape index (κ2) is 8.83. The van der Waals surface area contributed by atoms with Gasteiger partial charge >= 0.3 is 0 Å². The summed E-state index contributed by atoms with van der Waals surface area (Å²) in [6.07, 6.45) is -0.600. The third-order valence-electron chi connectivity index (χ3n) is 2.71. The predicted molar refractivity (Wildman–Crippen MR) is 71.4 cm³/mol. The lowest BCUT2D eigenvalue weighted by molar-refractivity contribution is 0.0494. The molecule has 2 unspecified atom stereocenters. The predicted octanol–water partition coefficient (Wildman–Crippen LogP) is -1.06. The molecule has 0 aliphatic heterocycles. The third-order valence-corrected chi connectivity index (χ3v) is 3.51. The van der Waals surface area contributed by atoms with E-state index < -0.39 is 22.0 Å². The summed E-state index contributed by atoms with van der Waals surface area (Å²) >= 11 is 0. The molecule has 2 atom stereocenters. The second-order valence-electron chi connectivity index (χ2n) is 5.09. The van der Waals surface area contributed by atoms with Crippen LogP contribution in [0.4, 0.5) is 0 Å². The van der Waals surface area contributed by atoms with Crippen molar-refractivity contribution in [2.24, 2.45) is 5.92 Å². The topological polar surface area (TPSA) is 118 Å². The van der Waals surface area contributed by atoms with Gasteiger partial charge in [0.2, 0.25) is 0 Å². The maximum Gasteiger partial charge on any atom is 0.267 e. The molecule has 0 aliphatic rings. The minimum atomic E-state index is -4.24. The zero-order chi connectivity index (χ0) is 15.1. The molecule has 0 fully saturated rings. The lowest BCUT2D eigenvalue weighted by Gasteiger charge is -2.32. The summed E-state index contributed by atoms with van der Waals surface area (Å²) in [5.41, 5.74) is 0. The van der Waals surface area contributed by atoms with E-state index in [4.69, 9.17) is 9.66 Å². The molecule has 0 bridgehead atoms. The van der Waals surface area contributed by atoms with Crippen molar-refractivity contribution in [1.82, 2.24) is 4.90 Å². The molecule has 0 radical (unpaired) electrons. The fourth-order valence-electron chi connectivity index (χ4n) is 2.00. The van der Waals surface area contributed by atoms with Gasteiger partial charge in [-0.3, -0.25) is 9.45 Å². The molecule has 0 aromatic carbocycles. The van der Waals surface area contributed by atoms with Crippen LogP contribution in [0.25, 0.3) is 0 Å². The van der Waals surface area contributed by atoms with E-state index in [1.165, 1.54) is 0 Å². The van der Waals surface area contributed by atoms with Crippen molar-refractivity contribution < 1.29 is 28.3 Å². The first-order chi connectivity index (χ1) is 8.69. The van der Waals surface area contributed by atoms with Crippen molar-refractivity contribution in [3.05, 3.63) is 0 Å². The van der Waals surface area contributed by atoms with Gasteiger partial charge in [-0.2, -0.15) is 8.42 Å². The first-order valence-corrected chi connectivity index (χ1v) is 7.89. The highest BCUT2D eigenvalue weighted by Gasteiger charge is 2.23. The molecular weight excluding hydrogens is 274 g/mol. The molecule has 0 aromatic heterocycles.